The molecule has 0 bridgehead atoms. The minimum Gasteiger partial charge on any atom is -0.445 e. The lowest BCUT2D eigenvalue weighted by atomic mass is 10.1. The van der Waals surface area contributed by atoms with Crippen molar-refractivity contribution in [2.75, 3.05) is 6.54 Å². The van der Waals surface area contributed by atoms with E-state index in [0.717, 1.165) is 29.4 Å². The normalized spacial score (nSPS) is 10.6. The largest absolute Gasteiger partial charge is 0.445 e. The first kappa shape index (κ1) is 22.1. The molecule has 0 radical (unpaired) electrons. The SMILES string of the molecule is CCCc1cc(=O)oc2cc(OC(=O)CCCNC(=O)OCc3ccccc3)ccc12. The average molecular weight is 423 g/mol. The van der Waals surface area contributed by atoms with Gasteiger partial charge in [0.25, 0.3) is 0 Å². The van der Waals surface area contributed by atoms with E-state index in [-0.39, 0.29) is 19.6 Å². The summed E-state index contributed by atoms with van der Waals surface area (Å²) in [6.07, 6.45) is 1.66. The van der Waals surface area contributed by atoms with E-state index in [2.05, 4.69) is 5.32 Å². The maximum Gasteiger partial charge on any atom is 0.407 e. The Morgan fingerprint density at radius 2 is 1.87 bits per heavy atom. The van der Waals surface area contributed by atoms with Crippen molar-refractivity contribution in [2.45, 2.75) is 39.2 Å². The number of hydrogen-bond acceptors (Lipinski definition) is 6. The highest BCUT2D eigenvalue weighted by Crippen LogP contribution is 2.23. The Labute approximate surface area is 180 Å². The molecule has 1 N–H and O–H groups in total. The zero-order chi connectivity index (χ0) is 22.1. The third-order valence-electron chi connectivity index (χ3n) is 4.59. The molecule has 7 heteroatoms. The van der Waals surface area contributed by atoms with Crippen molar-refractivity contribution >= 4 is 23.0 Å². The van der Waals surface area contributed by atoms with Gasteiger partial charge in [0.05, 0.1) is 0 Å². The Balaban J connectivity index is 1.43. The highest BCUT2D eigenvalue weighted by Gasteiger charge is 2.10. The van der Waals surface area contributed by atoms with Crippen LogP contribution in [-0.4, -0.2) is 18.6 Å². The monoisotopic (exact) mass is 423 g/mol. The highest BCUT2D eigenvalue weighted by atomic mass is 16.5. The van der Waals surface area contributed by atoms with E-state index >= 15 is 0 Å². The number of alkyl carbamates (subject to hydrolysis) is 1. The van der Waals surface area contributed by atoms with Crippen molar-refractivity contribution in [3.05, 3.63) is 76.1 Å². The van der Waals surface area contributed by atoms with Crippen molar-refractivity contribution in [1.29, 1.82) is 0 Å². The summed E-state index contributed by atoms with van der Waals surface area (Å²) >= 11 is 0. The quantitative estimate of drug-likeness (QED) is 0.238. The fourth-order valence-corrected chi connectivity index (χ4v) is 3.13. The number of esters is 1. The lowest BCUT2D eigenvalue weighted by Crippen LogP contribution is -2.26. The summed E-state index contributed by atoms with van der Waals surface area (Å²) in [5.74, 6) is -0.129. The van der Waals surface area contributed by atoms with E-state index in [9.17, 15) is 14.4 Å². The van der Waals surface area contributed by atoms with Crippen LogP contribution in [-0.2, 0) is 22.6 Å². The number of amides is 1. The summed E-state index contributed by atoms with van der Waals surface area (Å²) in [5, 5.41) is 3.43. The number of nitrogens with one attached hydrogen (secondary N) is 1. The molecule has 0 aliphatic carbocycles. The molecule has 1 amide bonds. The van der Waals surface area contributed by atoms with Gasteiger partial charge in [0.1, 0.15) is 17.9 Å². The smallest absolute Gasteiger partial charge is 0.407 e. The second-order valence-corrected chi connectivity index (χ2v) is 7.06. The molecule has 1 heterocycles. The molecule has 31 heavy (non-hydrogen) atoms. The number of benzene rings is 2. The Morgan fingerprint density at radius 3 is 2.65 bits per heavy atom. The third kappa shape index (κ3) is 6.70. The molecule has 162 valence electrons. The maximum atomic E-state index is 12.1. The molecule has 2 aromatic carbocycles. The van der Waals surface area contributed by atoms with E-state index in [1.54, 1.807) is 18.2 Å². The second kappa shape index (κ2) is 11.0. The predicted octanol–water partition coefficient (Wildman–Crippen LogP) is 4.36. The highest BCUT2D eigenvalue weighted by molar-refractivity contribution is 5.82. The van der Waals surface area contributed by atoms with Crippen molar-refractivity contribution in [3.8, 4) is 5.75 Å². The lowest BCUT2D eigenvalue weighted by Gasteiger charge is -2.08. The summed E-state index contributed by atoms with van der Waals surface area (Å²) in [7, 11) is 0. The molecule has 0 unspecified atom stereocenters. The molecule has 0 aliphatic heterocycles. The molecular formula is C24H25NO6. The van der Waals surface area contributed by atoms with Crippen molar-refractivity contribution in [2.24, 2.45) is 0 Å². The van der Waals surface area contributed by atoms with E-state index in [0.29, 0.717) is 17.8 Å². The maximum absolute atomic E-state index is 12.1. The van der Waals surface area contributed by atoms with Crippen LogP contribution in [0.4, 0.5) is 4.79 Å². The Morgan fingerprint density at radius 1 is 1.06 bits per heavy atom. The summed E-state index contributed by atoms with van der Waals surface area (Å²) < 4.78 is 15.7. The second-order valence-electron chi connectivity index (χ2n) is 7.06. The van der Waals surface area contributed by atoms with Crippen LogP contribution >= 0.6 is 0 Å². The van der Waals surface area contributed by atoms with Gasteiger partial charge in [-0.15, -0.1) is 0 Å². The number of fused-ring (bicyclic) bond motifs is 1. The third-order valence-corrected chi connectivity index (χ3v) is 4.59. The van der Waals surface area contributed by atoms with Crippen LogP contribution < -0.4 is 15.7 Å². The molecule has 1 aromatic heterocycles. The van der Waals surface area contributed by atoms with Gasteiger partial charge < -0.3 is 19.2 Å². The predicted molar refractivity (Wildman–Crippen MR) is 116 cm³/mol. The fraction of sp³-hybridized carbons (Fsp3) is 0.292. The van der Waals surface area contributed by atoms with Crippen molar-refractivity contribution in [1.82, 2.24) is 5.32 Å². The number of rotatable bonds is 9. The molecule has 0 saturated carbocycles. The molecule has 7 nitrogen and oxygen atoms in total. The van der Waals surface area contributed by atoms with Crippen LogP contribution in [0.2, 0.25) is 0 Å². The first-order chi connectivity index (χ1) is 15.0. The molecule has 0 aliphatic rings. The van der Waals surface area contributed by atoms with E-state index < -0.39 is 17.7 Å². The van der Waals surface area contributed by atoms with Crippen LogP contribution in [0.3, 0.4) is 0 Å². The molecule has 0 saturated heterocycles. The average Bonchev–Trinajstić information content (AvgIpc) is 2.76. The summed E-state index contributed by atoms with van der Waals surface area (Å²) in [6.45, 7) is 2.51. The molecule has 3 aromatic rings. The number of carbonyl (C=O) groups excluding carboxylic acids is 2. The number of hydrogen-bond donors (Lipinski definition) is 1. The molecule has 0 fully saturated rings. The van der Waals surface area contributed by atoms with Gasteiger partial charge in [-0.25, -0.2) is 9.59 Å². The van der Waals surface area contributed by atoms with Gasteiger partial charge in [0.2, 0.25) is 0 Å². The van der Waals surface area contributed by atoms with E-state index in [1.807, 2.05) is 37.3 Å². The fourth-order valence-electron chi connectivity index (χ4n) is 3.13. The van der Waals surface area contributed by atoms with Gasteiger partial charge in [0, 0.05) is 30.5 Å². The van der Waals surface area contributed by atoms with Gasteiger partial charge in [-0.05, 0) is 36.1 Å². The van der Waals surface area contributed by atoms with Crippen LogP contribution in [0.15, 0.2) is 63.8 Å². The van der Waals surface area contributed by atoms with Gasteiger partial charge in [-0.1, -0.05) is 43.7 Å². The number of aryl methyl sites for hydroxylation is 1. The molecular weight excluding hydrogens is 398 g/mol. The van der Waals surface area contributed by atoms with Crippen LogP contribution in [0.5, 0.6) is 5.75 Å². The minimum atomic E-state index is -0.537. The Hall–Kier alpha value is -3.61. The minimum absolute atomic E-state index is 0.122. The van der Waals surface area contributed by atoms with E-state index in [1.165, 1.54) is 6.07 Å². The zero-order valence-electron chi connectivity index (χ0n) is 17.4. The van der Waals surface area contributed by atoms with Crippen LogP contribution in [0.25, 0.3) is 11.0 Å². The topological polar surface area (TPSA) is 94.8 Å². The van der Waals surface area contributed by atoms with Gasteiger partial charge >= 0.3 is 17.7 Å². The summed E-state index contributed by atoms with van der Waals surface area (Å²) in [5.41, 5.74) is 1.78. The van der Waals surface area contributed by atoms with Crippen molar-refractivity contribution in [3.63, 3.8) is 0 Å². The Bertz CT molecular complexity index is 1090. The van der Waals surface area contributed by atoms with Gasteiger partial charge in [-0.3, -0.25) is 4.79 Å². The lowest BCUT2D eigenvalue weighted by molar-refractivity contribution is -0.134. The molecule has 0 spiro atoms. The zero-order valence-corrected chi connectivity index (χ0v) is 17.4. The van der Waals surface area contributed by atoms with Gasteiger partial charge in [-0.2, -0.15) is 0 Å². The molecule has 3 rings (SSSR count). The first-order valence-electron chi connectivity index (χ1n) is 10.3. The van der Waals surface area contributed by atoms with E-state index in [4.69, 9.17) is 13.9 Å². The van der Waals surface area contributed by atoms with Crippen LogP contribution in [0, 0.1) is 0 Å². The number of carbonyl (C=O) groups is 2. The Kier molecular flexibility index (Phi) is 7.81. The summed E-state index contributed by atoms with van der Waals surface area (Å²) in [6, 6.07) is 15.9. The first-order valence-corrected chi connectivity index (χ1v) is 10.3. The van der Waals surface area contributed by atoms with Crippen molar-refractivity contribution < 1.29 is 23.5 Å². The van der Waals surface area contributed by atoms with Crippen LogP contribution in [0.1, 0.15) is 37.3 Å². The standard InChI is InChI=1S/C24H25NO6/c1-2-7-18-14-23(27)31-21-15-19(11-12-20(18)21)30-22(26)10-6-13-25-24(28)29-16-17-8-4-3-5-9-17/h3-5,8-9,11-12,14-15H,2,6-7,10,13,16H2,1H3,(H,25,28). The number of ether oxygens (including phenoxy) is 2. The summed E-state index contributed by atoms with van der Waals surface area (Å²) in [4.78, 5) is 35.5. The molecule has 0 atom stereocenters. The van der Waals surface area contributed by atoms with Gasteiger partial charge in [0.15, 0.2) is 0 Å².